The van der Waals surface area contributed by atoms with Crippen LogP contribution in [0.3, 0.4) is 0 Å². The third-order valence-corrected chi connectivity index (χ3v) is 2.38. The second-order valence-electron chi connectivity index (χ2n) is 3.29. The monoisotopic (exact) mass is 209 g/mol. The maximum atomic E-state index is 5.83. The van der Waals surface area contributed by atoms with Gasteiger partial charge in [0.1, 0.15) is 11.0 Å². The van der Waals surface area contributed by atoms with Gasteiger partial charge in [-0.05, 0) is 12.5 Å². The van der Waals surface area contributed by atoms with E-state index in [0.29, 0.717) is 10.8 Å². The predicted octanol–water partition coefficient (Wildman–Crippen LogP) is 2.08. The third-order valence-electron chi connectivity index (χ3n) is 2.19. The van der Waals surface area contributed by atoms with Crippen molar-refractivity contribution >= 4 is 23.1 Å². The Morgan fingerprint density at radius 2 is 2.21 bits per heavy atom. The lowest BCUT2D eigenvalue weighted by atomic mass is 10.2. The Hall–Kier alpha value is -1.22. The molecule has 0 radical (unpaired) electrons. The van der Waals surface area contributed by atoms with E-state index < -0.39 is 0 Å². The van der Waals surface area contributed by atoms with Crippen molar-refractivity contribution in [2.24, 2.45) is 0 Å². The van der Waals surface area contributed by atoms with E-state index in [1.54, 1.807) is 6.07 Å². The number of aromatic nitrogens is 1. The molecule has 1 aliphatic heterocycles. The van der Waals surface area contributed by atoms with Crippen molar-refractivity contribution in [3.63, 3.8) is 0 Å². The van der Waals surface area contributed by atoms with Crippen LogP contribution in [0.4, 0.5) is 11.5 Å². The summed E-state index contributed by atoms with van der Waals surface area (Å²) in [6, 6.07) is 3.51. The molecule has 0 amide bonds. The first kappa shape index (κ1) is 9.34. The number of hydrogen-bond donors (Lipinski definition) is 1. The van der Waals surface area contributed by atoms with Crippen LogP contribution in [0.5, 0.6) is 0 Å². The molecule has 0 bridgehead atoms. The van der Waals surface area contributed by atoms with E-state index in [1.807, 2.05) is 6.07 Å². The van der Waals surface area contributed by atoms with E-state index in [1.165, 1.54) is 0 Å². The molecule has 1 aliphatic rings. The summed E-state index contributed by atoms with van der Waals surface area (Å²) in [5.74, 6) is 0.861. The molecule has 0 fully saturated rings. The molecule has 74 valence electrons. The van der Waals surface area contributed by atoms with Crippen molar-refractivity contribution in [3.05, 3.63) is 29.4 Å². The van der Waals surface area contributed by atoms with Crippen LogP contribution in [-0.2, 0) is 0 Å². The summed E-state index contributed by atoms with van der Waals surface area (Å²) in [5, 5.41) is 0.453. The molecule has 14 heavy (non-hydrogen) atoms. The Bertz CT molecular complexity index is 342. The van der Waals surface area contributed by atoms with Crippen molar-refractivity contribution in [1.29, 1.82) is 0 Å². The number of rotatable bonds is 1. The van der Waals surface area contributed by atoms with Crippen LogP contribution in [0.15, 0.2) is 24.3 Å². The normalized spacial score (nSPS) is 15.9. The third kappa shape index (κ3) is 1.99. The standard InChI is InChI=1S/C10H12ClN3/c11-9-6-8(12)7-10(13-9)14-4-2-1-3-5-14/h1-2,6-7H,3-5H2,(H2,12,13). The number of hydrogen-bond acceptors (Lipinski definition) is 3. The zero-order chi connectivity index (χ0) is 9.97. The van der Waals surface area contributed by atoms with Gasteiger partial charge < -0.3 is 10.6 Å². The van der Waals surface area contributed by atoms with E-state index in [9.17, 15) is 0 Å². The second kappa shape index (κ2) is 3.88. The fourth-order valence-corrected chi connectivity index (χ4v) is 1.73. The van der Waals surface area contributed by atoms with Crippen molar-refractivity contribution < 1.29 is 0 Å². The van der Waals surface area contributed by atoms with Gasteiger partial charge >= 0.3 is 0 Å². The van der Waals surface area contributed by atoms with Crippen LogP contribution in [0.1, 0.15) is 6.42 Å². The van der Waals surface area contributed by atoms with Gasteiger partial charge in [0.25, 0.3) is 0 Å². The van der Waals surface area contributed by atoms with Crippen molar-refractivity contribution in [2.45, 2.75) is 6.42 Å². The van der Waals surface area contributed by atoms with Crippen LogP contribution in [0.2, 0.25) is 5.15 Å². The van der Waals surface area contributed by atoms with Crippen LogP contribution in [0, 0.1) is 0 Å². The lowest BCUT2D eigenvalue weighted by Crippen LogP contribution is -2.27. The number of pyridine rings is 1. The molecule has 2 heterocycles. The molecule has 3 nitrogen and oxygen atoms in total. The summed E-state index contributed by atoms with van der Waals surface area (Å²) < 4.78 is 0. The Kier molecular flexibility index (Phi) is 2.59. The van der Waals surface area contributed by atoms with Gasteiger partial charge in [0.05, 0.1) is 0 Å². The molecule has 4 heteroatoms. The summed E-state index contributed by atoms with van der Waals surface area (Å²) in [4.78, 5) is 6.39. The molecule has 2 rings (SSSR count). The molecule has 0 spiro atoms. The number of halogens is 1. The largest absolute Gasteiger partial charge is 0.399 e. The van der Waals surface area contributed by atoms with E-state index in [0.717, 1.165) is 25.3 Å². The first-order valence-electron chi connectivity index (χ1n) is 4.59. The van der Waals surface area contributed by atoms with Gasteiger partial charge in [-0.3, -0.25) is 0 Å². The second-order valence-corrected chi connectivity index (χ2v) is 3.67. The smallest absolute Gasteiger partial charge is 0.133 e. The Labute approximate surface area is 88.2 Å². The average Bonchev–Trinajstić information content (AvgIpc) is 2.18. The quantitative estimate of drug-likeness (QED) is 0.569. The molecule has 1 aromatic heterocycles. The van der Waals surface area contributed by atoms with Gasteiger partial charge in [0.15, 0.2) is 0 Å². The van der Waals surface area contributed by atoms with E-state index in [4.69, 9.17) is 17.3 Å². The highest BCUT2D eigenvalue weighted by atomic mass is 35.5. The highest BCUT2D eigenvalue weighted by Crippen LogP contribution is 2.20. The van der Waals surface area contributed by atoms with Crippen molar-refractivity contribution in [3.8, 4) is 0 Å². The minimum atomic E-state index is 0.453. The van der Waals surface area contributed by atoms with Gasteiger partial charge in [-0.2, -0.15) is 0 Å². The number of nitrogens with zero attached hydrogens (tertiary/aromatic N) is 2. The zero-order valence-electron chi connectivity index (χ0n) is 7.78. The Morgan fingerprint density at radius 3 is 2.86 bits per heavy atom. The number of anilines is 2. The first-order valence-corrected chi connectivity index (χ1v) is 4.96. The lowest BCUT2D eigenvalue weighted by molar-refractivity contribution is 0.806. The van der Waals surface area contributed by atoms with Crippen LogP contribution in [0.25, 0.3) is 0 Å². The molecule has 0 atom stereocenters. The first-order chi connectivity index (χ1) is 6.75. The van der Waals surface area contributed by atoms with Crippen molar-refractivity contribution in [2.75, 3.05) is 23.7 Å². The summed E-state index contributed by atoms with van der Waals surface area (Å²) in [7, 11) is 0. The van der Waals surface area contributed by atoms with Gasteiger partial charge in [-0.25, -0.2) is 4.98 Å². The van der Waals surface area contributed by atoms with Gasteiger partial charge in [-0.15, -0.1) is 0 Å². The molecule has 0 aromatic carbocycles. The van der Waals surface area contributed by atoms with Crippen LogP contribution >= 0.6 is 11.6 Å². The average molecular weight is 210 g/mol. The van der Waals surface area contributed by atoms with Gasteiger partial charge in [0.2, 0.25) is 0 Å². The minimum absolute atomic E-state index is 0.453. The predicted molar refractivity (Wildman–Crippen MR) is 59.6 cm³/mol. The molecule has 0 saturated heterocycles. The SMILES string of the molecule is Nc1cc(Cl)nc(N2CC=CCC2)c1. The van der Waals surface area contributed by atoms with E-state index in [-0.39, 0.29) is 0 Å². The Morgan fingerprint density at radius 1 is 1.36 bits per heavy atom. The molecular weight excluding hydrogens is 198 g/mol. The van der Waals surface area contributed by atoms with Crippen LogP contribution in [-0.4, -0.2) is 18.1 Å². The Balaban J connectivity index is 2.26. The summed E-state index contributed by atoms with van der Waals surface area (Å²) in [5.41, 5.74) is 6.36. The number of nitrogens with two attached hydrogens (primary N) is 1. The molecule has 0 aliphatic carbocycles. The maximum absolute atomic E-state index is 5.83. The molecule has 2 N–H and O–H groups in total. The molecule has 0 saturated carbocycles. The molecular formula is C10H12ClN3. The molecule has 1 aromatic rings. The maximum Gasteiger partial charge on any atom is 0.133 e. The van der Waals surface area contributed by atoms with E-state index >= 15 is 0 Å². The minimum Gasteiger partial charge on any atom is -0.399 e. The summed E-state index contributed by atoms with van der Waals surface area (Å²) in [6.45, 7) is 1.86. The lowest BCUT2D eigenvalue weighted by Gasteiger charge is -2.24. The molecule has 0 unspecified atom stereocenters. The van der Waals surface area contributed by atoms with Gasteiger partial charge in [-0.1, -0.05) is 23.8 Å². The fraction of sp³-hybridized carbons (Fsp3) is 0.300. The van der Waals surface area contributed by atoms with Crippen LogP contribution < -0.4 is 10.6 Å². The summed E-state index contributed by atoms with van der Waals surface area (Å²) in [6.07, 6.45) is 5.35. The van der Waals surface area contributed by atoms with Crippen molar-refractivity contribution in [1.82, 2.24) is 4.98 Å². The fourth-order valence-electron chi connectivity index (χ4n) is 1.51. The number of nitrogen functional groups attached to an aromatic ring is 1. The zero-order valence-corrected chi connectivity index (χ0v) is 8.54. The topological polar surface area (TPSA) is 42.1 Å². The highest BCUT2D eigenvalue weighted by molar-refractivity contribution is 6.29. The highest BCUT2D eigenvalue weighted by Gasteiger charge is 2.09. The van der Waals surface area contributed by atoms with Gasteiger partial charge in [0, 0.05) is 24.8 Å². The van der Waals surface area contributed by atoms with E-state index in [2.05, 4.69) is 22.0 Å². The summed E-state index contributed by atoms with van der Waals surface area (Å²) >= 11 is 5.83.